The van der Waals surface area contributed by atoms with Crippen LogP contribution in [0.25, 0.3) is 0 Å². The van der Waals surface area contributed by atoms with Crippen LogP contribution in [-0.2, 0) is 0 Å². The Labute approximate surface area is 99.0 Å². The Hall–Kier alpha value is -0.640. The highest BCUT2D eigenvalue weighted by molar-refractivity contribution is 9.09. The van der Waals surface area contributed by atoms with Crippen molar-refractivity contribution in [3.63, 3.8) is 0 Å². The monoisotopic (exact) mass is 269 g/mol. The van der Waals surface area contributed by atoms with Crippen LogP contribution in [-0.4, -0.2) is 28.6 Å². The zero-order valence-electron chi connectivity index (χ0n) is 8.99. The molecule has 1 aromatic rings. The summed E-state index contributed by atoms with van der Waals surface area (Å²) in [7, 11) is 0. The highest BCUT2D eigenvalue weighted by Gasteiger charge is 2.22. The molecule has 1 unspecified atom stereocenters. The van der Waals surface area contributed by atoms with Gasteiger partial charge in [-0.2, -0.15) is 5.10 Å². The molecule has 0 bridgehead atoms. The third-order valence-electron chi connectivity index (χ3n) is 2.91. The fraction of sp³-hybridized carbons (Fsp3) is 0.636. The van der Waals surface area contributed by atoms with Crippen molar-refractivity contribution in [2.24, 2.45) is 5.92 Å². The number of halogens is 1. The minimum Gasteiger partial charge on any atom is -0.355 e. The third-order valence-corrected chi connectivity index (χ3v) is 3.37. The Kier molecular flexibility index (Phi) is 3.57. The smallest absolute Gasteiger partial charge is 0.151 e. The zero-order chi connectivity index (χ0) is 10.7. The molecule has 2 heterocycles. The van der Waals surface area contributed by atoms with Crippen molar-refractivity contribution in [1.29, 1.82) is 0 Å². The molecule has 0 radical (unpaired) electrons. The molecule has 4 heteroatoms. The van der Waals surface area contributed by atoms with Gasteiger partial charge in [-0.3, -0.25) is 0 Å². The van der Waals surface area contributed by atoms with Crippen LogP contribution in [0.4, 0.5) is 5.82 Å². The van der Waals surface area contributed by atoms with Gasteiger partial charge >= 0.3 is 0 Å². The fourth-order valence-electron chi connectivity index (χ4n) is 1.99. The topological polar surface area (TPSA) is 29.0 Å². The van der Waals surface area contributed by atoms with Gasteiger partial charge in [0.2, 0.25) is 0 Å². The predicted octanol–water partition coefficient (Wildman–Crippen LogP) is 2.40. The fourth-order valence-corrected chi connectivity index (χ4v) is 2.64. The summed E-state index contributed by atoms with van der Waals surface area (Å²) in [4.78, 5) is 2.33. The molecule has 0 aromatic carbocycles. The van der Waals surface area contributed by atoms with Crippen molar-refractivity contribution in [1.82, 2.24) is 10.2 Å². The molecule has 0 saturated carbocycles. The normalized spacial score (nSPS) is 20.9. The van der Waals surface area contributed by atoms with E-state index in [2.05, 4.69) is 37.1 Å². The lowest BCUT2D eigenvalue weighted by atomic mass is 10.1. The maximum Gasteiger partial charge on any atom is 0.151 e. The van der Waals surface area contributed by atoms with Gasteiger partial charge in [0.25, 0.3) is 0 Å². The second-order valence-electron chi connectivity index (χ2n) is 4.11. The second-order valence-corrected chi connectivity index (χ2v) is 4.90. The van der Waals surface area contributed by atoms with Gasteiger partial charge in [-0.05, 0) is 37.8 Å². The Morgan fingerprint density at radius 3 is 3.00 bits per heavy atom. The molecule has 1 aliphatic rings. The summed E-state index contributed by atoms with van der Waals surface area (Å²) in [5.74, 6) is 1.84. The van der Waals surface area contributed by atoms with Crippen LogP contribution < -0.4 is 4.90 Å². The molecule has 1 fully saturated rings. The van der Waals surface area contributed by atoms with Gasteiger partial charge in [-0.1, -0.05) is 15.9 Å². The van der Waals surface area contributed by atoms with E-state index in [9.17, 15) is 0 Å². The van der Waals surface area contributed by atoms with Crippen LogP contribution in [0.15, 0.2) is 12.1 Å². The number of aryl methyl sites for hydroxylation is 1. The lowest BCUT2D eigenvalue weighted by molar-refractivity contribution is 0.575. The molecule has 15 heavy (non-hydrogen) atoms. The van der Waals surface area contributed by atoms with Crippen LogP contribution in [0, 0.1) is 12.8 Å². The molecule has 0 spiro atoms. The SMILES string of the molecule is Cc1ccc(N2CCC(CCBr)C2)nn1. The van der Waals surface area contributed by atoms with Crippen LogP contribution in [0.2, 0.25) is 0 Å². The highest BCUT2D eigenvalue weighted by atomic mass is 79.9. The minimum atomic E-state index is 0.812. The number of nitrogens with zero attached hydrogens (tertiary/aromatic N) is 3. The van der Waals surface area contributed by atoms with Crippen molar-refractivity contribution >= 4 is 21.7 Å². The number of rotatable bonds is 3. The van der Waals surface area contributed by atoms with E-state index in [0.29, 0.717) is 0 Å². The summed E-state index contributed by atoms with van der Waals surface area (Å²) in [6, 6.07) is 4.10. The molecule has 0 aliphatic carbocycles. The van der Waals surface area contributed by atoms with E-state index in [1.165, 1.54) is 12.8 Å². The maximum absolute atomic E-state index is 4.22. The van der Waals surface area contributed by atoms with Crippen molar-refractivity contribution in [3.05, 3.63) is 17.8 Å². The van der Waals surface area contributed by atoms with Gasteiger partial charge in [0, 0.05) is 18.4 Å². The minimum absolute atomic E-state index is 0.812. The molecule has 3 nitrogen and oxygen atoms in total. The van der Waals surface area contributed by atoms with Crippen LogP contribution in [0.1, 0.15) is 18.5 Å². The van der Waals surface area contributed by atoms with Crippen LogP contribution in [0.3, 0.4) is 0 Å². The molecule has 0 N–H and O–H groups in total. The van der Waals surface area contributed by atoms with Crippen LogP contribution in [0.5, 0.6) is 0 Å². The molecular formula is C11H16BrN3. The Morgan fingerprint density at radius 2 is 2.33 bits per heavy atom. The van der Waals surface area contributed by atoms with Crippen molar-refractivity contribution in [2.75, 3.05) is 23.3 Å². The summed E-state index contributed by atoms with van der Waals surface area (Å²) < 4.78 is 0. The van der Waals surface area contributed by atoms with E-state index in [4.69, 9.17) is 0 Å². The first-order chi connectivity index (χ1) is 7.29. The van der Waals surface area contributed by atoms with Gasteiger partial charge < -0.3 is 4.90 Å². The Balaban J connectivity index is 1.98. The average Bonchev–Trinajstić information content (AvgIpc) is 2.68. The molecular weight excluding hydrogens is 254 g/mol. The van der Waals surface area contributed by atoms with Crippen LogP contribution >= 0.6 is 15.9 Å². The first-order valence-electron chi connectivity index (χ1n) is 5.41. The lowest BCUT2D eigenvalue weighted by Crippen LogP contribution is -2.21. The summed E-state index contributed by atoms with van der Waals surface area (Å²) in [5.41, 5.74) is 0.981. The van der Waals surface area contributed by atoms with Gasteiger partial charge in [-0.25, -0.2) is 0 Å². The Morgan fingerprint density at radius 1 is 1.47 bits per heavy atom. The number of alkyl halides is 1. The van der Waals surface area contributed by atoms with E-state index in [0.717, 1.165) is 35.8 Å². The first-order valence-corrected chi connectivity index (χ1v) is 6.53. The average molecular weight is 270 g/mol. The molecule has 1 atom stereocenters. The quantitative estimate of drug-likeness (QED) is 0.790. The molecule has 0 amide bonds. The first kappa shape index (κ1) is 10.9. The van der Waals surface area contributed by atoms with E-state index < -0.39 is 0 Å². The van der Waals surface area contributed by atoms with Crippen molar-refractivity contribution < 1.29 is 0 Å². The van der Waals surface area contributed by atoms with Crippen molar-refractivity contribution in [2.45, 2.75) is 19.8 Å². The van der Waals surface area contributed by atoms with Gasteiger partial charge in [0.05, 0.1) is 5.69 Å². The number of aromatic nitrogens is 2. The van der Waals surface area contributed by atoms with Gasteiger partial charge in [0.15, 0.2) is 5.82 Å². The molecule has 1 saturated heterocycles. The summed E-state index contributed by atoms with van der Waals surface area (Å²) in [6.07, 6.45) is 2.54. The summed E-state index contributed by atoms with van der Waals surface area (Å²) in [5, 5.41) is 9.42. The molecule has 2 rings (SSSR count). The molecule has 82 valence electrons. The van der Waals surface area contributed by atoms with E-state index in [1.807, 2.05) is 13.0 Å². The van der Waals surface area contributed by atoms with Gasteiger partial charge in [-0.15, -0.1) is 5.10 Å². The summed E-state index contributed by atoms with van der Waals surface area (Å²) in [6.45, 7) is 4.22. The zero-order valence-corrected chi connectivity index (χ0v) is 10.6. The third kappa shape index (κ3) is 2.68. The second kappa shape index (κ2) is 4.92. The van der Waals surface area contributed by atoms with Gasteiger partial charge in [0.1, 0.15) is 0 Å². The van der Waals surface area contributed by atoms with E-state index in [1.54, 1.807) is 0 Å². The lowest BCUT2D eigenvalue weighted by Gasteiger charge is -2.16. The van der Waals surface area contributed by atoms with E-state index >= 15 is 0 Å². The molecule has 1 aliphatic heterocycles. The number of anilines is 1. The van der Waals surface area contributed by atoms with E-state index in [-0.39, 0.29) is 0 Å². The molecule has 1 aromatic heterocycles. The predicted molar refractivity (Wildman–Crippen MR) is 65.5 cm³/mol. The largest absolute Gasteiger partial charge is 0.355 e. The number of hydrogen-bond acceptors (Lipinski definition) is 3. The highest BCUT2D eigenvalue weighted by Crippen LogP contribution is 2.24. The Bertz CT molecular complexity index is 312. The van der Waals surface area contributed by atoms with Crippen molar-refractivity contribution in [3.8, 4) is 0 Å². The number of hydrogen-bond donors (Lipinski definition) is 0. The maximum atomic E-state index is 4.22. The summed E-state index contributed by atoms with van der Waals surface area (Å²) >= 11 is 3.50. The standard InChI is InChI=1S/C11H16BrN3/c1-9-2-3-11(14-13-9)15-7-5-10(8-15)4-6-12/h2-3,10H,4-8H2,1H3.